The van der Waals surface area contributed by atoms with E-state index in [1.54, 1.807) is 5.48 Å². The normalized spacial score (nSPS) is 16.4. The number of rotatable bonds is 11. The van der Waals surface area contributed by atoms with Crippen molar-refractivity contribution in [2.75, 3.05) is 13.1 Å². The van der Waals surface area contributed by atoms with Crippen molar-refractivity contribution in [3.05, 3.63) is 0 Å². The lowest BCUT2D eigenvalue weighted by atomic mass is 9.95. The lowest BCUT2D eigenvalue weighted by Gasteiger charge is -2.25. The number of unbranched alkanes of at least 4 members (excludes halogenated alkanes) is 2. The average molecular weight is 355 g/mol. The molecule has 25 heavy (non-hydrogen) atoms. The Morgan fingerprint density at radius 1 is 1.04 bits per heavy atom. The lowest BCUT2D eigenvalue weighted by Crippen LogP contribution is -2.49. The zero-order valence-corrected chi connectivity index (χ0v) is 15.6. The van der Waals surface area contributed by atoms with Crippen LogP contribution in [0.1, 0.15) is 71.6 Å². The smallest absolute Gasteiger partial charge is 0.245 e. The van der Waals surface area contributed by atoms with Gasteiger partial charge in [0.1, 0.15) is 6.04 Å². The maximum absolute atomic E-state index is 12.6. The minimum absolute atomic E-state index is 0.0217. The molecule has 1 aliphatic heterocycles. The largest absolute Gasteiger partial charge is 0.344 e. The van der Waals surface area contributed by atoms with Crippen LogP contribution in [-0.4, -0.2) is 47.0 Å². The molecule has 0 aromatic carbocycles. The van der Waals surface area contributed by atoms with Crippen LogP contribution in [0.25, 0.3) is 0 Å². The van der Waals surface area contributed by atoms with Gasteiger partial charge in [0.05, 0.1) is 0 Å². The minimum Gasteiger partial charge on any atom is -0.344 e. The fourth-order valence-corrected chi connectivity index (χ4v) is 3.23. The van der Waals surface area contributed by atoms with Crippen LogP contribution in [-0.2, 0) is 14.4 Å². The van der Waals surface area contributed by atoms with E-state index >= 15 is 0 Å². The van der Waals surface area contributed by atoms with E-state index in [0.717, 1.165) is 51.6 Å². The van der Waals surface area contributed by atoms with E-state index in [1.807, 2.05) is 11.8 Å². The van der Waals surface area contributed by atoms with E-state index in [1.165, 1.54) is 0 Å². The van der Waals surface area contributed by atoms with Gasteiger partial charge in [-0.2, -0.15) is 0 Å². The SMILES string of the molecule is CCCCCC(CC(=O)NO)C(=O)N[C@H](CCC)C(=O)N1CCCC1. The van der Waals surface area contributed by atoms with Gasteiger partial charge in [-0.05, 0) is 25.7 Å². The first kappa shape index (κ1) is 21.4. The van der Waals surface area contributed by atoms with Crippen molar-refractivity contribution in [2.24, 2.45) is 5.92 Å². The second-order valence-corrected chi connectivity index (χ2v) is 6.81. The molecule has 7 nitrogen and oxygen atoms in total. The molecule has 144 valence electrons. The van der Waals surface area contributed by atoms with Crippen LogP contribution in [0.5, 0.6) is 0 Å². The molecule has 7 heteroatoms. The molecular weight excluding hydrogens is 322 g/mol. The number of hydrogen-bond donors (Lipinski definition) is 3. The number of hydrogen-bond acceptors (Lipinski definition) is 4. The highest BCUT2D eigenvalue weighted by Gasteiger charge is 2.30. The zero-order valence-electron chi connectivity index (χ0n) is 15.6. The van der Waals surface area contributed by atoms with E-state index < -0.39 is 17.9 Å². The Bertz CT molecular complexity index is 436. The van der Waals surface area contributed by atoms with Crippen LogP contribution in [0.2, 0.25) is 0 Å². The van der Waals surface area contributed by atoms with Gasteiger partial charge in [0.2, 0.25) is 17.7 Å². The highest BCUT2D eigenvalue weighted by molar-refractivity contribution is 5.90. The fourth-order valence-electron chi connectivity index (χ4n) is 3.23. The highest BCUT2D eigenvalue weighted by Crippen LogP contribution is 2.16. The van der Waals surface area contributed by atoms with E-state index in [2.05, 4.69) is 12.2 Å². The Morgan fingerprint density at radius 3 is 2.28 bits per heavy atom. The highest BCUT2D eigenvalue weighted by atomic mass is 16.5. The van der Waals surface area contributed by atoms with Gasteiger partial charge in [0, 0.05) is 25.4 Å². The predicted molar refractivity (Wildman–Crippen MR) is 94.8 cm³/mol. The summed E-state index contributed by atoms with van der Waals surface area (Å²) in [4.78, 5) is 38.6. The van der Waals surface area contributed by atoms with Crippen LogP contribution < -0.4 is 10.8 Å². The standard InChI is InChI=1S/C18H33N3O4/c1-3-5-6-10-14(13-16(22)20-25)17(23)19-15(9-4-2)18(24)21-11-7-8-12-21/h14-15,25H,3-13H2,1-2H3,(H,19,23)(H,20,22)/t14?,15-/m1/s1. The molecular formula is C18H33N3O4. The van der Waals surface area contributed by atoms with Gasteiger partial charge in [0.25, 0.3) is 0 Å². The number of nitrogens with one attached hydrogen (secondary N) is 2. The van der Waals surface area contributed by atoms with Gasteiger partial charge in [-0.1, -0.05) is 39.5 Å². The number of amides is 3. The summed E-state index contributed by atoms with van der Waals surface area (Å²) in [6.45, 7) is 5.55. The molecule has 1 rings (SSSR count). The Balaban J connectivity index is 2.70. The Kier molecular flexibility index (Phi) is 10.1. The Labute approximate surface area is 150 Å². The summed E-state index contributed by atoms with van der Waals surface area (Å²) >= 11 is 0. The quantitative estimate of drug-likeness (QED) is 0.300. The van der Waals surface area contributed by atoms with Gasteiger partial charge >= 0.3 is 0 Å². The van der Waals surface area contributed by atoms with E-state index in [4.69, 9.17) is 5.21 Å². The van der Waals surface area contributed by atoms with Crippen molar-refractivity contribution in [1.29, 1.82) is 0 Å². The summed E-state index contributed by atoms with van der Waals surface area (Å²) in [6.07, 6.45) is 6.75. The maximum Gasteiger partial charge on any atom is 0.245 e. The summed E-state index contributed by atoms with van der Waals surface area (Å²) < 4.78 is 0. The third-order valence-corrected chi connectivity index (χ3v) is 4.69. The van der Waals surface area contributed by atoms with Crippen molar-refractivity contribution >= 4 is 17.7 Å². The molecule has 0 spiro atoms. The first-order valence-corrected chi connectivity index (χ1v) is 9.55. The third-order valence-electron chi connectivity index (χ3n) is 4.69. The first-order valence-electron chi connectivity index (χ1n) is 9.55. The molecule has 1 fully saturated rings. The van der Waals surface area contributed by atoms with Crippen LogP contribution in [0.15, 0.2) is 0 Å². The van der Waals surface area contributed by atoms with Crippen LogP contribution in [0, 0.1) is 5.92 Å². The molecule has 3 amide bonds. The monoisotopic (exact) mass is 355 g/mol. The number of nitrogens with zero attached hydrogens (tertiary/aromatic N) is 1. The summed E-state index contributed by atoms with van der Waals surface area (Å²) in [5, 5.41) is 11.6. The third kappa shape index (κ3) is 7.42. The summed E-state index contributed by atoms with van der Waals surface area (Å²) in [7, 11) is 0. The number of hydroxylamine groups is 1. The van der Waals surface area contributed by atoms with Crippen molar-refractivity contribution in [3.8, 4) is 0 Å². The molecule has 0 aliphatic carbocycles. The molecule has 1 saturated heterocycles. The van der Waals surface area contributed by atoms with Crippen LogP contribution in [0.3, 0.4) is 0 Å². The molecule has 2 atom stereocenters. The summed E-state index contributed by atoms with van der Waals surface area (Å²) in [5.41, 5.74) is 1.59. The molecule has 1 aliphatic rings. The second-order valence-electron chi connectivity index (χ2n) is 6.81. The topological polar surface area (TPSA) is 98.7 Å². The number of likely N-dealkylation sites (tertiary alicyclic amines) is 1. The van der Waals surface area contributed by atoms with E-state index in [9.17, 15) is 14.4 Å². The summed E-state index contributed by atoms with van der Waals surface area (Å²) in [5.74, 6) is -1.39. The molecule has 1 unspecified atom stereocenters. The summed E-state index contributed by atoms with van der Waals surface area (Å²) in [6, 6.07) is -0.526. The second kappa shape index (κ2) is 11.8. The van der Waals surface area contributed by atoms with Crippen molar-refractivity contribution in [3.63, 3.8) is 0 Å². The maximum atomic E-state index is 12.6. The van der Waals surface area contributed by atoms with Crippen molar-refractivity contribution in [2.45, 2.75) is 77.7 Å². The molecule has 0 radical (unpaired) electrons. The molecule has 0 aromatic heterocycles. The van der Waals surface area contributed by atoms with Gasteiger partial charge in [0.15, 0.2) is 0 Å². The molecule has 0 bridgehead atoms. The first-order chi connectivity index (χ1) is 12.0. The van der Waals surface area contributed by atoms with Gasteiger partial charge in [-0.15, -0.1) is 0 Å². The molecule has 0 aromatic rings. The minimum atomic E-state index is -0.574. The average Bonchev–Trinajstić information content (AvgIpc) is 3.14. The fraction of sp³-hybridized carbons (Fsp3) is 0.833. The van der Waals surface area contributed by atoms with Crippen LogP contribution >= 0.6 is 0 Å². The molecule has 0 saturated carbocycles. The Morgan fingerprint density at radius 2 is 1.72 bits per heavy atom. The number of carbonyl (C=O) groups is 3. The van der Waals surface area contributed by atoms with Gasteiger partial charge in [-0.25, -0.2) is 5.48 Å². The predicted octanol–water partition coefficient (Wildman–Crippen LogP) is 1.99. The molecule has 1 heterocycles. The van der Waals surface area contributed by atoms with Gasteiger partial charge < -0.3 is 10.2 Å². The van der Waals surface area contributed by atoms with E-state index in [0.29, 0.717) is 12.8 Å². The van der Waals surface area contributed by atoms with Crippen molar-refractivity contribution < 1.29 is 19.6 Å². The lowest BCUT2D eigenvalue weighted by molar-refractivity contribution is -0.138. The van der Waals surface area contributed by atoms with Gasteiger partial charge in [-0.3, -0.25) is 19.6 Å². The Hall–Kier alpha value is -1.63. The zero-order chi connectivity index (χ0) is 18.7. The number of carbonyl (C=O) groups excluding carboxylic acids is 3. The van der Waals surface area contributed by atoms with Crippen LogP contribution in [0.4, 0.5) is 0 Å². The van der Waals surface area contributed by atoms with Crippen molar-refractivity contribution in [1.82, 2.24) is 15.7 Å². The molecule has 3 N–H and O–H groups in total. The van der Waals surface area contributed by atoms with E-state index in [-0.39, 0.29) is 18.2 Å².